The van der Waals surface area contributed by atoms with Gasteiger partial charge in [-0.2, -0.15) is 0 Å². The molecule has 1 aliphatic heterocycles. The van der Waals surface area contributed by atoms with Crippen molar-refractivity contribution in [3.05, 3.63) is 39.0 Å². The summed E-state index contributed by atoms with van der Waals surface area (Å²) in [4.78, 5) is 0. The van der Waals surface area contributed by atoms with Crippen LogP contribution in [0.2, 0.25) is 0 Å². The SMILES string of the molecule is CC(C)OC1[Te]C(C(C)(C)C)=Cc2ccccc21. The Morgan fingerprint density at radius 2 is 1.83 bits per heavy atom. The maximum atomic E-state index is 6.16. The summed E-state index contributed by atoms with van der Waals surface area (Å²) in [5, 5.41) is 0. The minimum atomic E-state index is -0.291. The van der Waals surface area contributed by atoms with E-state index in [0.29, 0.717) is 10.3 Å². The topological polar surface area (TPSA) is 9.23 Å². The first kappa shape index (κ1) is 14.1. The Balaban J connectivity index is 2.40. The number of hydrogen-bond acceptors (Lipinski definition) is 1. The number of fused-ring (bicyclic) bond motifs is 1. The minimum absolute atomic E-state index is 0.272. The Kier molecular flexibility index (Phi) is 4.21. The normalized spacial score (nSPS) is 19.7. The van der Waals surface area contributed by atoms with Crippen molar-refractivity contribution in [3.63, 3.8) is 0 Å². The fraction of sp³-hybridized carbons (Fsp3) is 0.500. The van der Waals surface area contributed by atoms with Crippen LogP contribution >= 0.6 is 0 Å². The van der Waals surface area contributed by atoms with E-state index in [1.54, 1.807) is 3.62 Å². The molecule has 2 heteroatoms. The van der Waals surface area contributed by atoms with Gasteiger partial charge >= 0.3 is 121 Å². The number of rotatable bonds is 2. The molecule has 1 aromatic carbocycles. The van der Waals surface area contributed by atoms with E-state index in [4.69, 9.17) is 4.74 Å². The molecule has 0 spiro atoms. The molecule has 0 saturated heterocycles. The van der Waals surface area contributed by atoms with E-state index in [0.717, 1.165) is 0 Å². The average Bonchev–Trinajstić information content (AvgIpc) is 2.27. The van der Waals surface area contributed by atoms with Crippen LogP contribution in [0.25, 0.3) is 6.08 Å². The van der Waals surface area contributed by atoms with Gasteiger partial charge < -0.3 is 0 Å². The van der Waals surface area contributed by atoms with Crippen LogP contribution in [0.4, 0.5) is 0 Å². The van der Waals surface area contributed by atoms with Gasteiger partial charge in [0.05, 0.1) is 0 Å². The van der Waals surface area contributed by atoms with Gasteiger partial charge in [-0.15, -0.1) is 0 Å². The molecule has 1 aliphatic rings. The predicted molar refractivity (Wildman–Crippen MR) is 78.6 cm³/mol. The van der Waals surface area contributed by atoms with Crippen LogP contribution in [-0.4, -0.2) is 27.0 Å². The Morgan fingerprint density at radius 3 is 2.44 bits per heavy atom. The molecule has 1 unspecified atom stereocenters. The first-order chi connectivity index (χ1) is 8.38. The summed E-state index contributed by atoms with van der Waals surface area (Å²) >= 11 is -0.291. The first-order valence-corrected chi connectivity index (χ1v) is 9.02. The molecule has 0 aromatic heterocycles. The quantitative estimate of drug-likeness (QED) is 0.720. The van der Waals surface area contributed by atoms with Crippen molar-refractivity contribution in [2.24, 2.45) is 5.41 Å². The second kappa shape index (κ2) is 5.37. The summed E-state index contributed by atoms with van der Waals surface area (Å²) in [7, 11) is 0. The van der Waals surface area contributed by atoms with Crippen LogP contribution in [0.3, 0.4) is 0 Å². The van der Waals surface area contributed by atoms with Gasteiger partial charge in [0.1, 0.15) is 0 Å². The molecule has 98 valence electrons. The molecule has 1 atom stereocenters. The molecule has 0 saturated carbocycles. The molecule has 0 aliphatic carbocycles. The Morgan fingerprint density at radius 1 is 1.17 bits per heavy atom. The van der Waals surface area contributed by atoms with Crippen molar-refractivity contribution in [3.8, 4) is 0 Å². The van der Waals surface area contributed by atoms with Gasteiger partial charge in [0.25, 0.3) is 0 Å². The van der Waals surface area contributed by atoms with Crippen molar-refractivity contribution in [1.29, 1.82) is 0 Å². The number of benzene rings is 1. The van der Waals surface area contributed by atoms with Crippen LogP contribution in [0.5, 0.6) is 0 Å². The predicted octanol–water partition coefficient (Wildman–Crippen LogP) is 4.22. The van der Waals surface area contributed by atoms with Crippen molar-refractivity contribution in [1.82, 2.24) is 0 Å². The zero-order valence-corrected chi connectivity index (χ0v) is 14.2. The first-order valence-electron chi connectivity index (χ1n) is 6.51. The van der Waals surface area contributed by atoms with Crippen molar-refractivity contribution >= 4 is 27.0 Å². The third-order valence-corrected chi connectivity index (χ3v) is 7.37. The van der Waals surface area contributed by atoms with Gasteiger partial charge in [-0.25, -0.2) is 0 Å². The van der Waals surface area contributed by atoms with Gasteiger partial charge in [-0.1, -0.05) is 0 Å². The van der Waals surface area contributed by atoms with Gasteiger partial charge in [0.2, 0.25) is 0 Å². The second-order valence-corrected chi connectivity index (χ2v) is 9.17. The fourth-order valence-corrected chi connectivity index (χ4v) is 5.94. The summed E-state index contributed by atoms with van der Waals surface area (Å²) in [6.45, 7) is 11.2. The summed E-state index contributed by atoms with van der Waals surface area (Å²) in [5.74, 6) is 0. The molecular formula is C16H22OTe. The molecule has 0 amide bonds. The summed E-state index contributed by atoms with van der Waals surface area (Å²) in [6.07, 6.45) is 2.70. The van der Waals surface area contributed by atoms with E-state index in [-0.39, 0.29) is 26.3 Å². The molecule has 0 N–H and O–H groups in total. The van der Waals surface area contributed by atoms with Crippen molar-refractivity contribution < 1.29 is 4.74 Å². The van der Waals surface area contributed by atoms with Crippen LogP contribution < -0.4 is 0 Å². The Bertz CT molecular complexity index is 454. The summed E-state index contributed by atoms with van der Waals surface area (Å²) in [6, 6.07) is 8.68. The van der Waals surface area contributed by atoms with E-state index >= 15 is 0 Å². The maximum absolute atomic E-state index is 6.16. The van der Waals surface area contributed by atoms with Gasteiger partial charge in [0.15, 0.2) is 0 Å². The van der Waals surface area contributed by atoms with E-state index in [9.17, 15) is 0 Å². The molecule has 1 aromatic rings. The van der Waals surface area contributed by atoms with Crippen LogP contribution in [0.1, 0.15) is 49.9 Å². The summed E-state index contributed by atoms with van der Waals surface area (Å²) in [5.41, 5.74) is 3.01. The van der Waals surface area contributed by atoms with Crippen LogP contribution in [0, 0.1) is 5.41 Å². The van der Waals surface area contributed by atoms with Crippen molar-refractivity contribution in [2.45, 2.75) is 44.9 Å². The van der Waals surface area contributed by atoms with E-state index in [2.05, 4.69) is 65.0 Å². The molecule has 18 heavy (non-hydrogen) atoms. The van der Waals surface area contributed by atoms with Crippen molar-refractivity contribution in [2.75, 3.05) is 0 Å². The van der Waals surface area contributed by atoms with E-state index in [1.807, 2.05) is 0 Å². The molecule has 0 bridgehead atoms. The zero-order valence-electron chi connectivity index (χ0n) is 11.9. The fourth-order valence-electron chi connectivity index (χ4n) is 1.95. The standard InChI is InChI=1S/C16H22OTe/c1-11(2)17-15-13-9-7-6-8-12(13)10-14(18-15)16(3,4)5/h6-11,15H,1-5H3. The summed E-state index contributed by atoms with van der Waals surface area (Å²) < 4.78 is 8.11. The van der Waals surface area contributed by atoms with E-state index < -0.39 is 0 Å². The van der Waals surface area contributed by atoms with Gasteiger partial charge in [-0.05, 0) is 0 Å². The average molecular weight is 358 g/mol. The molecule has 2 rings (SSSR count). The monoisotopic (exact) mass is 360 g/mol. The molecule has 1 heterocycles. The van der Waals surface area contributed by atoms with Crippen LogP contribution in [-0.2, 0) is 4.74 Å². The Labute approximate surface area is 121 Å². The second-order valence-electron chi connectivity index (χ2n) is 6.02. The number of hydrogen-bond donors (Lipinski definition) is 0. The number of ether oxygens (including phenoxy) is 1. The third kappa shape index (κ3) is 3.18. The third-order valence-electron chi connectivity index (χ3n) is 2.91. The zero-order chi connectivity index (χ0) is 13.3. The Hall–Kier alpha value is -0.290. The van der Waals surface area contributed by atoms with Gasteiger partial charge in [0, 0.05) is 0 Å². The molecule has 1 nitrogen and oxygen atoms in total. The van der Waals surface area contributed by atoms with Crippen LogP contribution in [0.15, 0.2) is 27.9 Å². The molecular weight excluding hydrogens is 336 g/mol. The van der Waals surface area contributed by atoms with E-state index in [1.165, 1.54) is 11.1 Å². The molecule has 0 radical (unpaired) electrons. The molecule has 0 fully saturated rings. The van der Waals surface area contributed by atoms with Gasteiger partial charge in [-0.3, -0.25) is 0 Å². The number of allylic oxidation sites excluding steroid dienone is 1.